The van der Waals surface area contributed by atoms with Crippen molar-refractivity contribution in [1.29, 1.82) is 0 Å². The lowest BCUT2D eigenvalue weighted by atomic mass is 9.82. The normalized spacial score (nSPS) is 14.2. The lowest BCUT2D eigenvalue weighted by Crippen LogP contribution is -2.16. The average molecular weight is 731 g/mol. The Kier molecular flexibility index (Phi) is 7.69. The van der Waals surface area contributed by atoms with E-state index in [1.807, 2.05) is 0 Å². The third-order valence-corrected chi connectivity index (χ3v) is 12.5. The molecule has 0 amide bonds. The fourth-order valence-corrected chi connectivity index (χ4v) is 9.67. The first-order valence-electron chi connectivity index (χ1n) is 20.2. The summed E-state index contributed by atoms with van der Waals surface area (Å²) in [5.41, 5.74) is 17.5. The molecule has 2 nitrogen and oxygen atoms in total. The lowest BCUT2D eigenvalue weighted by Gasteiger charge is -2.30. The fraction of sp³-hybridized carbons (Fsp3) is 0.0909. The molecular weight excluding hydrogens is 689 g/mol. The first-order valence-corrected chi connectivity index (χ1v) is 20.2. The number of hydrogen-bond acceptors (Lipinski definition) is 1. The molecule has 0 N–H and O–H groups in total. The summed E-state index contributed by atoms with van der Waals surface area (Å²) in [4.78, 5) is 2.49. The van der Waals surface area contributed by atoms with Crippen LogP contribution < -0.4 is 4.90 Å². The molecule has 0 radical (unpaired) electrons. The maximum absolute atomic E-state index is 2.49. The number of hydrogen-bond donors (Lipinski definition) is 0. The van der Waals surface area contributed by atoms with E-state index in [1.54, 1.807) is 0 Å². The van der Waals surface area contributed by atoms with E-state index < -0.39 is 0 Å². The zero-order valence-electron chi connectivity index (χ0n) is 32.3. The van der Waals surface area contributed by atoms with Crippen molar-refractivity contribution in [3.8, 4) is 27.9 Å². The van der Waals surface area contributed by atoms with Crippen LogP contribution in [0.3, 0.4) is 0 Å². The number of fused-ring (bicyclic) bond motifs is 7. The quantitative estimate of drug-likeness (QED) is 0.165. The summed E-state index contributed by atoms with van der Waals surface area (Å²) in [6.07, 6.45) is 8.87. The summed E-state index contributed by atoms with van der Waals surface area (Å²) in [5.74, 6) is 0. The van der Waals surface area contributed by atoms with Crippen LogP contribution in [0.15, 0.2) is 194 Å². The molecule has 0 spiro atoms. The monoisotopic (exact) mass is 730 g/mol. The van der Waals surface area contributed by atoms with Gasteiger partial charge in [0, 0.05) is 38.6 Å². The maximum atomic E-state index is 2.49. The highest BCUT2D eigenvalue weighted by Crippen LogP contribution is 2.51. The molecule has 0 bridgehead atoms. The van der Waals surface area contributed by atoms with Gasteiger partial charge in [0.2, 0.25) is 0 Å². The van der Waals surface area contributed by atoms with Gasteiger partial charge in [-0.1, -0.05) is 147 Å². The summed E-state index contributed by atoms with van der Waals surface area (Å²) < 4.78 is 2.39. The van der Waals surface area contributed by atoms with Crippen molar-refractivity contribution in [2.24, 2.45) is 0 Å². The van der Waals surface area contributed by atoms with Crippen molar-refractivity contribution in [3.63, 3.8) is 0 Å². The molecule has 1 aromatic heterocycles. The third-order valence-electron chi connectivity index (χ3n) is 12.5. The predicted molar refractivity (Wildman–Crippen MR) is 242 cm³/mol. The van der Waals surface area contributed by atoms with Gasteiger partial charge < -0.3 is 9.47 Å². The third kappa shape index (κ3) is 5.32. The maximum Gasteiger partial charge on any atom is 0.0541 e. The fourth-order valence-electron chi connectivity index (χ4n) is 9.67. The van der Waals surface area contributed by atoms with E-state index in [0.717, 1.165) is 24.2 Å². The van der Waals surface area contributed by atoms with Crippen molar-refractivity contribution in [2.45, 2.75) is 32.1 Å². The van der Waals surface area contributed by atoms with Gasteiger partial charge in [-0.05, 0) is 123 Å². The van der Waals surface area contributed by atoms with Gasteiger partial charge in [-0.25, -0.2) is 0 Å². The molecule has 0 aliphatic heterocycles. The molecule has 9 aromatic rings. The van der Waals surface area contributed by atoms with Crippen LogP contribution in [0.25, 0.3) is 66.1 Å². The summed E-state index contributed by atoms with van der Waals surface area (Å²) in [7, 11) is 0. The highest BCUT2D eigenvalue weighted by Gasteiger charge is 2.36. The van der Waals surface area contributed by atoms with E-state index in [4.69, 9.17) is 0 Å². The lowest BCUT2D eigenvalue weighted by molar-refractivity contribution is 0.660. The zero-order chi connectivity index (χ0) is 38.1. The van der Waals surface area contributed by atoms with Crippen LogP contribution in [-0.2, 0) is 5.41 Å². The standard InChI is InChI=1S/C55H42N2/c1-55(2)50-26-13-11-23-45(50)46-30-29-42(36-51(46)55)56(41-21-15-18-38(34-41)37-16-5-3-6-17-37)53-33-31-43(44-22-9-10-24-47(44)53)39-28-32-54-49(35-39)48-25-12-14-27-52(48)57(54)40-19-7-4-8-20-40/h3-5,7-16,18-36H,6,17H2,1-2H3. The molecular formula is C55H42N2. The van der Waals surface area contributed by atoms with Crippen molar-refractivity contribution in [3.05, 3.63) is 211 Å². The second kappa shape index (κ2) is 13.1. The first-order chi connectivity index (χ1) is 28.0. The SMILES string of the molecule is CC1(C)c2ccccc2-c2ccc(N(c3cccc(C4=CC=CCC4)c3)c3ccc(-c4ccc5c(c4)c4ccccc4n5-c4ccccc4)c4ccccc34)cc21. The summed E-state index contributed by atoms with van der Waals surface area (Å²) >= 11 is 0. The van der Waals surface area contributed by atoms with Crippen LogP contribution in [-0.4, -0.2) is 4.57 Å². The van der Waals surface area contributed by atoms with Gasteiger partial charge in [0.05, 0.1) is 16.7 Å². The van der Waals surface area contributed by atoms with E-state index in [1.165, 1.54) is 88.5 Å². The number of anilines is 3. The number of aromatic nitrogens is 1. The molecule has 2 heteroatoms. The minimum absolute atomic E-state index is 0.108. The van der Waals surface area contributed by atoms with Gasteiger partial charge in [-0.2, -0.15) is 0 Å². The zero-order valence-corrected chi connectivity index (χ0v) is 32.3. The number of para-hydroxylation sites is 2. The molecule has 8 aromatic carbocycles. The van der Waals surface area contributed by atoms with Crippen molar-refractivity contribution in [2.75, 3.05) is 4.90 Å². The van der Waals surface area contributed by atoms with Gasteiger partial charge in [-0.3, -0.25) is 0 Å². The molecule has 2 aliphatic rings. The van der Waals surface area contributed by atoms with Gasteiger partial charge in [0.1, 0.15) is 0 Å². The molecule has 2 aliphatic carbocycles. The average Bonchev–Trinajstić information content (AvgIpc) is 3.72. The minimum Gasteiger partial charge on any atom is -0.310 e. The first kappa shape index (κ1) is 33.4. The molecule has 0 saturated carbocycles. The molecule has 0 atom stereocenters. The van der Waals surface area contributed by atoms with Crippen LogP contribution in [0, 0.1) is 0 Å². The minimum atomic E-state index is -0.108. The Morgan fingerprint density at radius 1 is 0.491 bits per heavy atom. The van der Waals surface area contributed by atoms with Crippen LogP contribution in [0.4, 0.5) is 17.1 Å². The van der Waals surface area contributed by atoms with Gasteiger partial charge in [-0.15, -0.1) is 0 Å². The smallest absolute Gasteiger partial charge is 0.0541 e. The van der Waals surface area contributed by atoms with Crippen molar-refractivity contribution < 1.29 is 0 Å². The summed E-state index contributed by atoms with van der Waals surface area (Å²) in [6, 6.07) is 65.3. The highest BCUT2D eigenvalue weighted by molar-refractivity contribution is 6.12. The Labute approximate surface area is 334 Å². The topological polar surface area (TPSA) is 8.17 Å². The van der Waals surface area contributed by atoms with E-state index in [0.29, 0.717) is 0 Å². The summed E-state index contributed by atoms with van der Waals surface area (Å²) in [6.45, 7) is 4.74. The van der Waals surface area contributed by atoms with E-state index >= 15 is 0 Å². The van der Waals surface area contributed by atoms with Crippen LogP contribution in [0.1, 0.15) is 43.4 Å². The molecule has 272 valence electrons. The molecule has 1 heterocycles. The second-order valence-electron chi connectivity index (χ2n) is 16.0. The molecule has 0 unspecified atom stereocenters. The number of allylic oxidation sites excluding steroid dienone is 4. The Morgan fingerprint density at radius 3 is 2.07 bits per heavy atom. The molecule has 57 heavy (non-hydrogen) atoms. The largest absolute Gasteiger partial charge is 0.310 e. The van der Waals surface area contributed by atoms with Gasteiger partial charge in [0.25, 0.3) is 0 Å². The molecule has 0 fully saturated rings. The number of benzene rings is 8. The van der Waals surface area contributed by atoms with Crippen molar-refractivity contribution in [1.82, 2.24) is 4.57 Å². The van der Waals surface area contributed by atoms with Crippen LogP contribution in [0.5, 0.6) is 0 Å². The number of nitrogens with zero attached hydrogens (tertiary/aromatic N) is 2. The van der Waals surface area contributed by atoms with Crippen LogP contribution >= 0.6 is 0 Å². The van der Waals surface area contributed by atoms with E-state index in [-0.39, 0.29) is 5.41 Å². The highest BCUT2D eigenvalue weighted by atomic mass is 15.1. The Hall–Kier alpha value is -6.90. The van der Waals surface area contributed by atoms with Gasteiger partial charge >= 0.3 is 0 Å². The van der Waals surface area contributed by atoms with E-state index in [9.17, 15) is 0 Å². The number of rotatable bonds is 6. The van der Waals surface area contributed by atoms with Gasteiger partial charge in [0.15, 0.2) is 0 Å². The Bertz CT molecular complexity index is 3100. The molecule has 11 rings (SSSR count). The predicted octanol–water partition coefficient (Wildman–Crippen LogP) is 15.1. The van der Waals surface area contributed by atoms with Crippen LogP contribution in [0.2, 0.25) is 0 Å². The Balaban J connectivity index is 1.11. The molecule has 0 saturated heterocycles. The van der Waals surface area contributed by atoms with E-state index in [2.05, 4.69) is 217 Å². The van der Waals surface area contributed by atoms with Crippen molar-refractivity contribution >= 4 is 55.2 Å². The second-order valence-corrected chi connectivity index (χ2v) is 16.0. The Morgan fingerprint density at radius 2 is 1.21 bits per heavy atom. The summed E-state index contributed by atoms with van der Waals surface area (Å²) in [5, 5.41) is 4.97.